The van der Waals surface area contributed by atoms with Gasteiger partial charge >= 0.3 is 5.97 Å². The Morgan fingerprint density at radius 3 is 2.15 bits per heavy atom. The molecule has 1 atom stereocenters. The minimum Gasteiger partial charge on any atom is -0.507 e. The molecule has 2 aromatic rings. The highest BCUT2D eigenvalue weighted by molar-refractivity contribution is 6.74. The Labute approximate surface area is 199 Å². The molecular formula is C26H40O6Si. The van der Waals surface area contributed by atoms with Gasteiger partial charge in [0.15, 0.2) is 8.32 Å². The number of phenolic OH excluding ortho intramolecular Hbond substituents is 1. The molecule has 0 fully saturated rings. The van der Waals surface area contributed by atoms with Crippen LogP contribution in [0.15, 0.2) is 24.3 Å². The molecule has 0 aliphatic carbocycles. The standard InChI is InChI=1S/C26H40O6Si/c1-25(2,3)31-22(27)16-18(32-33(9,10)26(4,5)6)14-17-15-21(30-8)23-19(24(17)28)12-11-13-20(23)29-7/h11-13,15,18,28H,14,16H2,1-10H3/t18-/m0/s1. The van der Waals surface area contributed by atoms with Crippen LogP contribution in [-0.4, -0.2) is 45.3 Å². The van der Waals surface area contributed by atoms with Gasteiger partial charge in [0, 0.05) is 17.4 Å². The molecule has 0 saturated heterocycles. The maximum Gasteiger partial charge on any atom is 0.308 e. The van der Waals surface area contributed by atoms with E-state index in [0.717, 1.165) is 0 Å². The van der Waals surface area contributed by atoms with Crippen molar-refractivity contribution in [2.24, 2.45) is 0 Å². The van der Waals surface area contributed by atoms with Crippen molar-refractivity contribution in [2.75, 3.05) is 14.2 Å². The SMILES string of the molecule is COc1cccc2c(O)c(C[C@@H](CC(=O)OC(C)(C)C)O[Si](C)(C)C(C)(C)C)cc(OC)c12. The van der Waals surface area contributed by atoms with Gasteiger partial charge in [-0.05, 0) is 51.0 Å². The van der Waals surface area contributed by atoms with Gasteiger partial charge in [-0.3, -0.25) is 4.79 Å². The average Bonchev–Trinajstić information content (AvgIpc) is 2.66. The first-order valence-corrected chi connectivity index (χ1v) is 14.3. The summed E-state index contributed by atoms with van der Waals surface area (Å²) < 4.78 is 23.3. The summed E-state index contributed by atoms with van der Waals surface area (Å²) in [6.45, 7) is 16.3. The number of rotatable bonds is 8. The molecule has 2 aromatic carbocycles. The van der Waals surface area contributed by atoms with E-state index in [-0.39, 0.29) is 23.2 Å². The van der Waals surface area contributed by atoms with Gasteiger partial charge in [0.25, 0.3) is 0 Å². The number of fused-ring (bicyclic) bond motifs is 1. The summed E-state index contributed by atoms with van der Waals surface area (Å²) in [4.78, 5) is 12.7. The number of aromatic hydroxyl groups is 1. The first-order chi connectivity index (χ1) is 15.1. The molecule has 33 heavy (non-hydrogen) atoms. The summed E-state index contributed by atoms with van der Waals surface area (Å²) in [5.74, 6) is 1.03. The number of esters is 1. The molecule has 0 heterocycles. The van der Waals surface area contributed by atoms with Crippen LogP contribution >= 0.6 is 0 Å². The van der Waals surface area contributed by atoms with Gasteiger partial charge in [-0.15, -0.1) is 0 Å². The van der Waals surface area contributed by atoms with Gasteiger partial charge in [0.1, 0.15) is 22.8 Å². The summed E-state index contributed by atoms with van der Waals surface area (Å²) >= 11 is 0. The molecule has 0 saturated carbocycles. The van der Waals surface area contributed by atoms with Gasteiger partial charge < -0.3 is 23.7 Å². The first-order valence-electron chi connectivity index (χ1n) is 11.3. The van der Waals surface area contributed by atoms with Crippen molar-refractivity contribution in [3.8, 4) is 17.2 Å². The molecule has 184 valence electrons. The maximum atomic E-state index is 12.7. The number of phenols is 1. The van der Waals surface area contributed by atoms with Crippen LogP contribution < -0.4 is 9.47 Å². The summed E-state index contributed by atoms with van der Waals surface area (Å²) in [5.41, 5.74) is 0.0728. The number of carbonyl (C=O) groups is 1. The van der Waals surface area contributed by atoms with Crippen LogP contribution in [0.1, 0.15) is 53.5 Å². The Morgan fingerprint density at radius 1 is 1.03 bits per heavy atom. The molecule has 0 aliphatic heterocycles. The minimum absolute atomic E-state index is 0.0321. The smallest absolute Gasteiger partial charge is 0.308 e. The molecule has 0 aliphatic rings. The molecule has 0 bridgehead atoms. The van der Waals surface area contributed by atoms with Gasteiger partial charge in [-0.1, -0.05) is 32.9 Å². The summed E-state index contributed by atoms with van der Waals surface area (Å²) in [7, 11) is 0.980. The third kappa shape index (κ3) is 6.64. The quantitative estimate of drug-likeness (QED) is 0.360. The Morgan fingerprint density at radius 2 is 1.64 bits per heavy atom. The molecule has 6 nitrogen and oxygen atoms in total. The Bertz CT molecular complexity index is 985. The van der Waals surface area contributed by atoms with Crippen molar-refractivity contribution < 1.29 is 28.5 Å². The third-order valence-electron chi connectivity index (χ3n) is 6.11. The number of methoxy groups -OCH3 is 2. The first kappa shape index (κ1) is 27.0. The van der Waals surface area contributed by atoms with Crippen molar-refractivity contribution in [3.05, 3.63) is 29.8 Å². The third-order valence-corrected chi connectivity index (χ3v) is 10.6. The fourth-order valence-corrected chi connectivity index (χ4v) is 4.86. The number of ether oxygens (including phenoxy) is 3. The molecule has 0 unspecified atom stereocenters. The largest absolute Gasteiger partial charge is 0.507 e. The summed E-state index contributed by atoms with van der Waals surface area (Å²) in [6.07, 6.45) is 0.00221. The lowest BCUT2D eigenvalue weighted by atomic mass is 9.98. The number of hydrogen-bond acceptors (Lipinski definition) is 6. The van der Waals surface area contributed by atoms with Crippen molar-refractivity contribution in [3.63, 3.8) is 0 Å². The molecule has 0 amide bonds. The highest BCUT2D eigenvalue weighted by atomic mass is 28.4. The predicted molar refractivity (Wildman–Crippen MR) is 135 cm³/mol. The normalized spacial score (nSPS) is 13.6. The number of hydrogen-bond donors (Lipinski definition) is 1. The van der Waals surface area contributed by atoms with E-state index in [1.165, 1.54) is 0 Å². The second-order valence-corrected chi connectivity index (χ2v) is 15.7. The van der Waals surface area contributed by atoms with E-state index in [4.69, 9.17) is 18.6 Å². The number of benzene rings is 2. The monoisotopic (exact) mass is 476 g/mol. The molecular weight excluding hydrogens is 436 g/mol. The van der Waals surface area contributed by atoms with Crippen LogP contribution in [0.4, 0.5) is 0 Å². The van der Waals surface area contributed by atoms with Gasteiger partial charge in [-0.25, -0.2) is 0 Å². The van der Waals surface area contributed by atoms with Crippen LogP contribution in [0, 0.1) is 0 Å². The number of carbonyl (C=O) groups excluding carboxylic acids is 1. The van der Waals surface area contributed by atoms with E-state index in [2.05, 4.69) is 33.9 Å². The molecule has 7 heteroatoms. The Balaban J connectivity index is 2.50. The van der Waals surface area contributed by atoms with E-state index in [0.29, 0.717) is 34.3 Å². The minimum atomic E-state index is -2.20. The van der Waals surface area contributed by atoms with Gasteiger partial charge in [-0.2, -0.15) is 0 Å². The van der Waals surface area contributed by atoms with Crippen LogP contribution in [0.2, 0.25) is 18.1 Å². The second-order valence-electron chi connectivity index (χ2n) is 11.0. The molecule has 2 rings (SSSR count). The molecule has 1 N–H and O–H groups in total. The fraction of sp³-hybridized carbons (Fsp3) is 0.577. The lowest BCUT2D eigenvalue weighted by Gasteiger charge is -2.39. The lowest BCUT2D eigenvalue weighted by molar-refractivity contribution is -0.156. The molecule has 0 aromatic heterocycles. The van der Waals surface area contributed by atoms with Crippen molar-refractivity contribution in [1.29, 1.82) is 0 Å². The van der Waals surface area contributed by atoms with E-state index >= 15 is 0 Å². The van der Waals surface area contributed by atoms with E-state index in [9.17, 15) is 9.90 Å². The Hall–Kier alpha value is -2.25. The lowest BCUT2D eigenvalue weighted by Crippen LogP contribution is -2.45. The zero-order chi connectivity index (χ0) is 25.2. The van der Waals surface area contributed by atoms with Crippen molar-refractivity contribution in [1.82, 2.24) is 0 Å². The van der Waals surface area contributed by atoms with E-state index < -0.39 is 20.0 Å². The van der Waals surface area contributed by atoms with Crippen LogP contribution in [0.3, 0.4) is 0 Å². The fourth-order valence-electron chi connectivity index (χ4n) is 3.50. The maximum absolute atomic E-state index is 12.7. The zero-order valence-electron chi connectivity index (χ0n) is 21.8. The molecule has 0 spiro atoms. The predicted octanol–water partition coefficient (Wildman–Crippen LogP) is 6.23. The van der Waals surface area contributed by atoms with Crippen LogP contribution in [0.25, 0.3) is 10.8 Å². The van der Waals surface area contributed by atoms with Crippen LogP contribution in [-0.2, 0) is 20.4 Å². The topological polar surface area (TPSA) is 74.2 Å². The Kier molecular flexibility index (Phi) is 8.13. The second kappa shape index (κ2) is 9.93. The van der Waals surface area contributed by atoms with Gasteiger partial charge in [0.05, 0.1) is 32.1 Å². The van der Waals surface area contributed by atoms with E-state index in [1.807, 2.05) is 39.0 Å². The van der Waals surface area contributed by atoms with Crippen LogP contribution in [0.5, 0.6) is 17.2 Å². The summed E-state index contributed by atoms with van der Waals surface area (Å²) in [5, 5.41) is 12.5. The average molecular weight is 477 g/mol. The zero-order valence-corrected chi connectivity index (χ0v) is 22.8. The van der Waals surface area contributed by atoms with Crippen molar-refractivity contribution >= 4 is 25.1 Å². The summed E-state index contributed by atoms with van der Waals surface area (Å²) in [6, 6.07) is 7.29. The van der Waals surface area contributed by atoms with Gasteiger partial charge in [0.2, 0.25) is 0 Å². The van der Waals surface area contributed by atoms with Crippen molar-refractivity contribution in [2.45, 2.75) is 84.2 Å². The van der Waals surface area contributed by atoms with E-state index in [1.54, 1.807) is 20.3 Å². The highest BCUT2D eigenvalue weighted by Crippen LogP contribution is 2.43. The highest BCUT2D eigenvalue weighted by Gasteiger charge is 2.40. The molecule has 0 radical (unpaired) electrons.